The Hall–Kier alpha value is -1.93. The number of fused-ring (bicyclic) bond motifs is 1. The van der Waals surface area contributed by atoms with Crippen LogP contribution in [0.1, 0.15) is 6.42 Å². The third-order valence-electron chi connectivity index (χ3n) is 3.30. The third kappa shape index (κ3) is 2.52. The van der Waals surface area contributed by atoms with Crippen LogP contribution < -0.4 is 10.0 Å². The zero-order valence-corrected chi connectivity index (χ0v) is 11.3. The van der Waals surface area contributed by atoms with Gasteiger partial charge in [0.1, 0.15) is 5.52 Å². The minimum absolute atomic E-state index is 0.113. The van der Waals surface area contributed by atoms with Crippen LogP contribution in [0.4, 0.5) is 5.69 Å². The van der Waals surface area contributed by atoms with E-state index in [1.807, 2.05) is 0 Å². The van der Waals surface area contributed by atoms with Gasteiger partial charge in [-0.1, -0.05) is 0 Å². The van der Waals surface area contributed by atoms with E-state index in [2.05, 4.69) is 4.98 Å². The summed E-state index contributed by atoms with van der Waals surface area (Å²) in [7, 11) is -3.57. The molecule has 1 aromatic carbocycles. The lowest BCUT2D eigenvalue weighted by Gasteiger charge is -2.16. The van der Waals surface area contributed by atoms with Crippen LogP contribution in [-0.2, 0) is 14.8 Å². The largest absolute Gasteiger partial charge is 0.443 e. The molecule has 8 heteroatoms. The zero-order chi connectivity index (χ0) is 14.3. The van der Waals surface area contributed by atoms with Gasteiger partial charge < -0.3 is 9.32 Å². The quantitative estimate of drug-likeness (QED) is 0.885. The number of primary sulfonamides is 1. The normalized spacial score (nSPS) is 19.9. The molecule has 0 saturated carbocycles. The topological polar surface area (TPSA) is 106 Å². The highest BCUT2D eigenvalue weighted by molar-refractivity contribution is 7.89. The van der Waals surface area contributed by atoms with Crippen molar-refractivity contribution in [1.82, 2.24) is 4.98 Å². The second-order valence-corrected chi connectivity index (χ2v) is 6.57. The number of benzene rings is 1. The van der Waals surface area contributed by atoms with Crippen LogP contribution in [0.3, 0.4) is 0 Å². The number of amides is 1. The van der Waals surface area contributed by atoms with E-state index in [1.165, 1.54) is 6.39 Å². The minimum Gasteiger partial charge on any atom is -0.443 e. The number of hydrogen-bond donors (Lipinski definition) is 1. The van der Waals surface area contributed by atoms with Crippen molar-refractivity contribution in [2.24, 2.45) is 11.1 Å². The molecule has 1 aliphatic heterocycles. The number of oxazole rings is 1. The van der Waals surface area contributed by atoms with E-state index in [-0.39, 0.29) is 24.0 Å². The maximum atomic E-state index is 12.0. The van der Waals surface area contributed by atoms with Crippen LogP contribution >= 0.6 is 0 Å². The summed E-state index contributed by atoms with van der Waals surface area (Å²) in [5.41, 5.74) is 1.97. The monoisotopic (exact) mass is 295 g/mol. The molecule has 1 unspecified atom stereocenters. The number of rotatable bonds is 3. The smallest absolute Gasteiger partial charge is 0.227 e. The molecule has 7 nitrogen and oxygen atoms in total. The highest BCUT2D eigenvalue weighted by Crippen LogP contribution is 2.28. The molecule has 1 amide bonds. The second-order valence-electron chi connectivity index (χ2n) is 4.91. The van der Waals surface area contributed by atoms with E-state index >= 15 is 0 Å². The average Bonchev–Trinajstić information content (AvgIpc) is 2.92. The maximum absolute atomic E-state index is 12.0. The van der Waals surface area contributed by atoms with Crippen LogP contribution in [0, 0.1) is 5.92 Å². The summed E-state index contributed by atoms with van der Waals surface area (Å²) >= 11 is 0. The predicted molar refractivity (Wildman–Crippen MR) is 72.4 cm³/mol. The van der Waals surface area contributed by atoms with Crippen LogP contribution in [0.2, 0.25) is 0 Å². The van der Waals surface area contributed by atoms with E-state index in [1.54, 1.807) is 23.1 Å². The summed E-state index contributed by atoms with van der Waals surface area (Å²) in [5.74, 6) is -0.569. The Morgan fingerprint density at radius 2 is 2.25 bits per heavy atom. The first-order valence-corrected chi connectivity index (χ1v) is 7.78. The van der Waals surface area contributed by atoms with Gasteiger partial charge in [0.05, 0.1) is 5.75 Å². The number of carbonyl (C=O) groups excluding carboxylic acids is 1. The number of anilines is 1. The van der Waals surface area contributed by atoms with Crippen molar-refractivity contribution in [3.8, 4) is 0 Å². The molecule has 2 aromatic rings. The van der Waals surface area contributed by atoms with Gasteiger partial charge in [0.15, 0.2) is 12.0 Å². The molecule has 1 aliphatic rings. The molecule has 1 aromatic heterocycles. The summed E-state index contributed by atoms with van der Waals surface area (Å²) in [4.78, 5) is 17.5. The van der Waals surface area contributed by atoms with E-state index in [0.717, 1.165) is 0 Å². The molecule has 0 spiro atoms. The molecular formula is C12H13N3O4S. The number of aromatic nitrogens is 1. The molecule has 1 fully saturated rings. The highest BCUT2D eigenvalue weighted by atomic mass is 32.2. The first kappa shape index (κ1) is 13.1. The van der Waals surface area contributed by atoms with Crippen molar-refractivity contribution in [3.63, 3.8) is 0 Å². The fourth-order valence-corrected chi connectivity index (χ4v) is 3.36. The summed E-state index contributed by atoms with van der Waals surface area (Å²) in [6.07, 6.45) is 1.52. The predicted octanol–water partition coefficient (Wildman–Crippen LogP) is 0.469. The van der Waals surface area contributed by atoms with Gasteiger partial charge in [-0.05, 0) is 12.1 Å². The molecular weight excluding hydrogens is 282 g/mol. The van der Waals surface area contributed by atoms with Crippen molar-refractivity contribution >= 4 is 32.7 Å². The first-order chi connectivity index (χ1) is 9.42. The lowest BCUT2D eigenvalue weighted by Crippen LogP contribution is -2.27. The summed E-state index contributed by atoms with van der Waals surface area (Å²) in [6.45, 7) is 0.342. The van der Waals surface area contributed by atoms with Crippen LogP contribution in [-0.4, -0.2) is 31.6 Å². The van der Waals surface area contributed by atoms with Crippen LogP contribution in [0.25, 0.3) is 11.1 Å². The van der Waals surface area contributed by atoms with Gasteiger partial charge in [-0.2, -0.15) is 0 Å². The summed E-state index contributed by atoms with van der Waals surface area (Å²) in [6, 6.07) is 5.25. The van der Waals surface area contributed by atoms with Crippen molar-refractivity contribution in [3.05, 3.63) is 24.6 Å². The molecule has 0 aliphatic carbocycles. The number of carbonyl (C=O) groups is 1. The fraction of sp³-hybridized carbons (Fsp3) is 0.333. The van der Waals surface area contributed by atoms with Crippen molar-refractivity contribution in [1.29, 1.82) is 0 Å². The van der Waals surface area contributed by atoms with E-state index < -0.39 is 10.0 Å². The highest BCUT2D eigenvalue weighted by Gasteiger charge is 2.32. The lowest BCUT2D eigenvalue weighted by molar-refractivity contribution is -0.117. The second kappa shape index (κ2) is 4.57. The Bertz CT molecular complexity index is 768. The Morgan fingerprint density at radius 1 is 1.45 bits per heavy atom. The van der Waals surface area contributed by atoms with Gasteiger partial charge >= 0.3 is 0 Å². The maximum Gasteiger partial charge on any atom is 0.227 e. The van der Waals surface area contributed by atoms with Gasteiger partial charge in [0.2, 0.25) is 15.9 Å². The standard InChI is InChI=1S/C12H13N3O4S/c13-20(17,18)6-8-3-12(16)15(5-8)9-1-2-10-11(4-9)19-7-14-10/h1-2,4,7-8H,3,5-6H2,(H2,13,17,18). The Labute approximate surface area is 115 Å². The Balaban J connectivity index is 1.85. The van der Waals surface area contributed by atoms with E-state index in [0.29, 0.717) is 23.3 Å². The summed E-state index contributed by atoms with van der Waals surface area (Å²) < 4.78 is 27.4. The number of nitrogens with zero attached hydrogens (tertiary/aromatic N) is 2. The molecule has 1 atom stereocenters. The molecule has 0 bridgehead atoms. The minimum atomic E-state index is -3.57. The first-order valence-electron chi connectivity index (χ1n) is 6.06. The van der Waals surface area contributed by atoms with E-state index in [9.17, 15) is 13.2 Å². The van der Waals surface area contributed by atoms with Crippen LogP contribution in [0.15, 0.2) is 29.0 Å². The summed E-state index contributed by atoms with van der Waals surface area (Å²) in [5, 5.41) is 5.02. The zero-order valence-electron chi connectivity index (χ0n) is 10.5. The molecule has 0 radical (unpaired) electrons. The molecule has 106 valence electrons. The van der Waals surface area contributed by atoms with Crippen molar-refractivity contribution in [2.75, 3.05) is 17.2 Å². The van der Waals surface area contributed by atoms with Gasteiger partial charge in [0, 0.05) is 30.6 Å². The lowest BCUT2D eigenvalue weighted by atomic mass is 10.1. The van der Waals surface area contributed by atoms with E-state index in [4.69, 9.17) is 9.56 Å². The van der Waals surface area contributed by atoms with Crippen molar-refractivity contribution < 1.29 is 17.6 Å². The molecule has 2 heterocycles. The molecule has 20 heavy (non-hydrogen) atoms. The molecule has 3 rings (SSSR count). The number of hydrogen-bond acceptors (Lipinski definition) is 5. The SMILES string of the molecule is NS(=O)(=O)CC1CC(=O)N(c2ccc3ncoc3c2)C1. The van der Waals surface area contributed by atoms with Crippen LogP contribution in [0.5, 0.6) is 0 Å². The number of sulfonamides is 1. The molecule has 1 saturated heterocycles. The molecule has 2 N–H and O–H groups in total. The van der Waals surface area contributed by atoms with Gasteiger partial charge in [-0.25, -0.2) is 18.5 Å². The Kier molecular flexibility index (Phi) is 2.98. The van der Waals surface area contributed by atoms with Crippen molar-refractivity contribution in [2.45, 2.75) is 6.42 Å². The van der Waals surface area contributed by atoms with Gasteiger partial charge in [-0.3, -0.25) is 4.79 Å². The Morgan fingerprint density at radius 3 is 3.00 bits per heavy atom. The number of nitrogens with two attached hydrogens (primary N) is 1. The third-order valence-corrected chi connectivity index (χ3v) is 4.24. The van der Waals surface area contributed by atoms with Gasteiger partial charge in [-0.15, -0.1) is 0 Å². The fourth-order valence-electron chi connectivity index (χ4n) is 2.48. The average molecular weight is 295 g/mol. The van der Waals surface area contributed by atoms with Gasteiger partial charge in [0.25, 0.3) is 0 Å².